The van der Waals surface area contributed by atoms with Crippen molar-refractivity contribution in [2.24, 2.45) is 0 Å². The van der Waals surface area contributed by atoms with Gasteiger partial charge in [-0.05, 0) is 104 Å². The summed E-state index contributed by atoms with van der Waals surface area (Å²) >= 11 is 0. The van der Waals surface area contributed by atoms with Crippen LogP contribution in [0.15, 0.2) is 58.7 Å². The number of aliphatic hydroxyl groups is 2. The van der Waals surface area contributed by atoms with Gasteiger partial charge in [0.05, 0.1) is 6.61 Å². The second-order valence-electron chi connectivity index (χ2n) is 11.4. The van der Waals surface area contributed by atoms with Gasteiger partial charge in [-0.1, -0.05) is 46.6 Å². The van der Waals surface area contributed by atoms with Gasteiger partial charge in [0, 0.05) is 12.5 Å². The van der Waals surface area contributed by atoms with Crippen molar-refractivity contribution in [2.75, 3.05) is 6.61 Å². The molecule has 1 saturated heterocycles. The molecule has 0 aliphatic carbocycles. The highest BCUT2D eigenvalue weighted by molar-refractivity contribution is 5.66. The number of carbonyl (C=O) groups excluding carboxylic acids is 1. The normalized spacial score (nSPS) is 21.9. The van der Waals surface area contributed by atoms with E-state index in [9.17, 15) is 20.1 Å². The number of benzene rings is 1. The fraction of sp³-hybridized carbons (Fsp3) is 0.559. The van der Waals surface area contributed by atoms with Crippen molar-refractivity contribution in [3.63, 3.8) is 0 Å². The predicted molar refractivity (Wildman–Crippen MR) is 163 cm³/mol. The molecular formula is C34H50O7. The first-order chi connectivity index (χ1) is 19.4. The molecule has 0 aromatic heterocycles. The first-order valence-corrected chi connectivity index (χ1v) is 14.6. The summed E-state index contributed by atoms with van der Waals surface area (Å²) in [5.41, 5.74) is 6.82. The quantitative estimate of drug-likeness (QED) is 0.167. The van der Waals surface area contributed by atoms with E-state index in [1.54, 1.807) is 19.1 Å². The molecule has 228 valence electrons. The fourth-order valence-electron chi connectivity index (χ4n) is 4.59. The van der Waals surface area contributed by atoms with Crippen LogP contribution in [0.25, 0.3) is 0 Å². The summed E-state index contributed by atoms with van der Waals surface area (Å²) in [5, 5.41) is 31.3. The third kappa shape index (κ3) is 12.3. The molecule has 7 nitrogen and oxygen atoms in total. The van der Waals surface area contributed by atoms with Crippen molar-refractivity contribution >= 4 is 5.97 Å². The molecule has 4 atom stereocenters. The van der Waals surface area contributed by atoms with E-state index in [0.717, 1.165) is 38.5 Å². The Kier molecular flexibility index (Phi) is 14.4. The first-order valence-electron chi connectivity index (χ1n) is 14.6. The molecule has 7 heteroatoms. The molecule has 1 aliphatic rings. The average Bonchev–Trinajstić information content (AvgIpc) is 2.88. The van der Waals surface area contributed by atoms with Gasteiger partial charge >= 0.3 is 5.97 Å². The molecule has 0 bridgehead atoms. The van der Waals surface area contributed by atoms with Crippen LogP contribution in [0.4, 0.5) is 0 Å². The Labute approximate surface area is 246 Å². The van der Waals surface area contributed by atoms with E-state index < -0.39 is 30.6 Å². The summed E-state index contributed by atoms with van der Waals surface area (Å²) in [6.07, 6.45) is 11.0. The van der Waals surface area contributed by atoms with Gasteiger partial charge in [0.15, 0.2) is 6.10 Å². The standard InChI is InChI=1S/C34H50O7/c1-22(2)11-8-12-23(3)13-9-14-24(4)15-10-16-25(5)17-18-28-20-30(26(6)19-29(28)36)41-34-33(38)32(37)31(21-39-34)40-27(7)35/h11,13,15,17,19-20,31-34,36-38H,8-10,12,14,16,18,21H2,1-7H3/b23-13+,24-15+,25-17+/t31-,32-,33+,34?/m1/s1. The number of esters is 1. The van der Waals surface area contributed by atoms with E-state index in [1.807, 2.05) is 0 Å². The number of phenols is 1. The molecule has 2 rings (SSSR count). The van der Waals surface area contributed by atoms with Crippen molar-refractivity contribution in [2.45, 2.75) is 118 Å². The SMILES string of the molecule is CC(=O)O[C@@H]1COC(Oc2cc(C/C=C(\C)CC/C=C(\C)CC/C=C(\C)CCC=C(C)C)c(O)cc2C)[C@@H](O)[C@@H]1O. The van der Waals surface area contributed by atoms with Crippen LogP contribution in [0.2, 0.25) is 0 Å². The highest BCUT2D eigenvalue weighted by atomic mass is 16.7. The maximum absolute atomic E-state index is 11.2. The number of rotatable bonds is 14. The Balaban J connectivity index is 1.88. The number of ether oxygens (including phenoxy) is 3. The molecule has 1 heterocycles. The van der Waals surface area contributed by atoms with Crippen molar-refractivity contribution in [1.29, 1.82) is 0 Å². The summed E-state index contributed by atoms with van der Waals surface area (Å²) in [4.78, 5) is 11.2. The van der Waals surface area contributed by atoms with Gasteiger partial charge in [-0.2, -0.15) is 0 Å². The number of hydrogen-bond donors (Lipinski definition) is 3. The summed E-state index contributed by atoms with van der Waals surface area (Å²) < 4.78 is 16.4. The van der Waals surface area contributed by atoms with Gasteiger partial charge in [0.2, 0.25) is 6.29 Å². The van der Waals surface area contributed by atoms with Crippen molar-refractivity contribution < 1.29 is 34.3 Å². The number of hydrogen-bond acceptors (Lipinski definition) is 7. The van der Waals surface area contributed by atoms with Crippen LogP contribution in [0, 0.1) is 6.92 Å². The summed E-state index contributed by atoms with van der Waals surface area (Å²) in [7, 11) is 0. The smallest absolute Gasteiger partial charge is 0.303 e. The Morgan fingerprint density at radius 2 is 1.44 bits per heavy atom. The Bertz CT molecular complexity index is 1120. The minimum Gasteiger partial charge on any atom is -0.508 e. The second-order valence-corrected chi connectivity index (χ2v) is 11.4. The molecule has 0 spiro atoms. The van der Waals surface area contributed by atoms with Crippen LogP contribution >= 0.6 is 0 Å². The van der Waals surface area contributed by atoms with Gasteiger partial charge in [-0.15, -0.1) is 0 Å². The van der Waals surface area contributed by atoms with E-state index in [4.69, 9.17) is 14.2 Å². The second kappa shape index (κ2) is 17.2. The predicted octanol–water partition coefficient (Wildman–Crippen LogP) is 6.78. The molecule has 0 saturated carbocycles. The molecule has 1 aliphatic heterocycles. The lowest BCUT2D eigenvalue weighted by Crippen LogP contribution is -2.56. The fourth-order valence-corrected chi connectivity index (χ4v) is 4.59. The molecule has 3 N–H and O–H groups in total. The van der Waals surface area contributed by atoms with Gasteiger partial charge in [-0.25, -0.2) is 0 Å². The lowest BCUT2D eigenvalue weighted by atomic mass is 10.0. The van der Waals surface area contributed by atoms with E-state index in [1.165, 1.54) is 29.2 Å². The highest BCUT2D eigenvalue weighted by Gasteiger charge is 2.41. The maximum atomic E-state index is 11.2. The number of aromatic hydroxyl groups is 1. The summed E-state index contributed by atoms with van der Waals surface area (Å²) in [6, 6.07) is 3.35. The van der Waals surface area contributed by atoms with Crippen molar-refractivity contribution in [1.82, 2.24) is 0 Å². The van der Waals surface area contributed by atoms with Crippen LogP contribution in [-0.2, 0) is 20.7 Å². The molecule has 1 fully saturated rings. The highest BCUT2D eigenvalue weighted by Crippen LogP contribution is 2.31. The zero-order chi connectivity index (χ0) is 30.5. The first kappa shape index (κ1) is 34.3. The van der Waals surface area contributed by atoms with Crippen molar-refractivity contribution in [3.8, 4) is 11.5 Å². The number of aryl methyl sites for hydroxylation is 1. The zero-order valence-corrected chi connectivity index (χ0v) is 25.9. The van der Waals surface area contributed by atoms with E-state index in [-0.39, 0.29) is 12.4 Å². The van der Waals surface area contributed by atoms with E-state index in [0.29, 0.717) is 23.3 Å². The monoisotopic (exact) mass is 570 g/mol. The zero-order valence-electron chi connectivity index (χ0n) is 25.9. The molecule has 1 aromatic carbocycles. The molecule has 0 amide bonds. The van der Waals surface area contributed by atoms with Gasteiger partial charge < -0.3 is 29.5 Å². The number of allylic oxidation sites excluding steroid dienone is 8. The third-order valence-electron chi connectivity index (χ3n) is 7.20. The van der Waals surface area contributed by atoms with Gasteiger partial charge in [-0.3, -0.25) is 4.79 Å². The Hall–Kier alpha value is -2.87. The van der Waals surface area contributed by atoms with Crippen LogP contribution in [0.5, 0.6) is 11.5 Å². The molecular weight excluding hydrogens is 520 g/mol. The minimum atomic E-state index is -1.41. The number of phenolic OH excluding ortho intramolecular Hbond substituents is 1. The third-order valence-corrected chi connectivity index (χ3v) is 7.20. The number of aliphatic hydroxyl groups excluding tert-OH is 2. The minimum absolute atomic E-state index is 0.102. The summed E-state index contributed by atoms with van der Waals surface area (Å²) in [5.74, 6) is 0.0340. The molecule has 1 unspecified atom stereocenters. The Morgan fingerprint density at radius 1 is 0.878 bits per heavy atom. The molecule has 0 radical (unpaired) electrons. The summed E-state index contributed by atoms with van der Waals surface area (Å²) in [6.45, 7) is 13.7. The van der Waals surface area contributed by atoms with Gasteiger partial charge in [0.25, 0.3) is 0 Å². The number of carbonyl (C=O) groups is 1. The van der Waals surface area contributed by atoms with E-state index >= 15 is 0 Å². The van der Waals surface area contributed by atoms with Crippen LogP contribution in [-0.4, -0.2) is 52.5 Å². The Morgan fingerprint density at radius 3 is 2.00 bits per heavy atom. The molecule has 1 aromatic rings. The van der Waals surface area contributed by atoms with E-state index in [2.05, 4.69) is 58.9 Å². The molecule has 41 heavy (non-hydrogen) atoms. The van der Waals surface area contributed by atoms with Crippen LogP contribution in [0.3, 0.4) is 0 Å². The topological polar surface area (TPSA) is 105 Å². The lowest BCUT2D eigenvalue weighted by molar-refractivity contribution is -0.247. The van der Waals surface area contributed by atoms with Crippen LogP contribution < -0.4 is 4.74 Å². The van der Waals surface area contributed by atoms with Crippen LogP contribution in [0.1, 0.15) is 91.2 Å². The largest absolute Gasteiger partial charge is 0.508 e. The van der Waals surface area contributed by atoms with Gasteiger partial charge in [0.1, 0.15) is 23.7 Å². The van der Waals surface area contributed by atoms with Crippen molar-refractivity contribution in [3.05, 3.63) is 69.9 Å². The average molecular weight is 571 g/mol. The maximum Gasteiger partial charge on any atom is 0.303 e. The lowest BCUT2D eigenvalue weighted by Gasteiger charge is -2.36.